The number of carbonyl (C=O) groups is 1. The second-order valence-electron chi connectivity index (χ2n) is 5.64. The summed E-state index contributed by atoms with van der Waals surface area (Å²) in [4.78, 5) is 20.2. The maximum atomic E-state index is 12.3. The maximum absolute atomic E-state index is 12.3. The lowest BCUT2D eigenvalue weighted by molar-refractivity contribution is 0.102. The highest BCUT2D eigenvalue weighted by molar-refractivity contribution is 14.1. The van der Waals surface area contributed by atoms with Crippen LogP contribution >= 0.6 is 22.6 Å². The number of amides is 1. The van der Waals surface area contributed by atoms with Crippen molar-refractivity contribution < 1.29 is 4.79 Å². The molecule has 4 rings (SSSR count). The molecule has 122 valence electrons. The molecule has 25 heavy (non-hydrogen) atoms. The molecule has 1 heterocycles. The SMILES string of the molecule is O=C(Nc1ccc(-c2nc3ccccc3[nH]2)cc1)c1cccc(I)c1. The minimum Gasteiger partial charge on any atom is -0.338 e. The number of fused-ring (bicyclic) bond motifs is 1. The number of aromatic nitrogens is 2. The number of H-pyrrole nitrogens is 1. The van der Waals surface area contributed by atoms with E-state index in [0.29, 0.717) is 5.56 Å². The lowest BCUT2D eigenvalue weighted by Gasteiger charge is -2.06. The molecular weight excluding hydrogens is 425 g/mol. The largest absolute Gasteiger partial charge is 0.338 e. The minimum absolute atomic E-state index is 0.116. The van der Waals surface area contributed by atoms with Gasteiger partial charge in [-0.3, -0.25) is 4.79 Å². The summed E-state index contributed by atoms with van der Waals surface area (Å²) in [5, 5.41) is 2.92. The van der Waals surface area contributed by atoms with Crippen LogP contribution in [0, 0.1) is 3.57 Å². The van der Waals surface area contributed by atoms with E-state index < -0.39 is 0 Å². The first-order chi connectivity index (χ1) is 12.2. The molecular formula is C20H14IN3O. The summed E-state index contributed by atoms with van der Waals surface area (Å²) in [6.45, 7) is 0. The molecule has 2 N–H and O–H groups in total. The van der Waals surface area contributed by atoms with Gasteiger partial charge in [0.1, 0.15) is 5.82 Å². The molecule has 0 atom stereocenters. The second kappa shape index (κ2) is 6.68. The molecule has 4 nitrogen and oxygen atoms in total. The quantitative estimate of drug-likeness (QED) is 0.437. The summed E-state index contributed by atoms with van der Waals surface area (Å²) in [6.07, 6.45) is 0. The Kier molecular flexibility index (Phi) is 4.23. The van der Waals surface area contributed by atoms with E-state index in [1.807, 2.05) is 66.7 Å². The van der Waals surface area contributed by atoms with E-state index in [0.717, 1.165) is 31.7 Å². The van der Waals surface area contributed by atoms with Crippen LogP contribution in [0.5, 0.6) is 0 Å². The average molecular weight is 439 g/mol. The van der Waals surface area contributed by atoms with Crippen LogP contribution in [0.15, 0.2) is 72.8 Å². The number of benzene rings is 3. The number of aromatic amines is 1. The number of nitrogens with zero attached hydrogens (tertiary/aromatic N) is 1. The first kappa shape index (κ1) is 15.8. The number of carbonyl (C=O) groups excluding carboxylic acids is 1. The first-order valence-electron chi connectivity index (χ1n) is 7.81. The summed E-state index contributed by atoms with van der Waals surface area (Å²) >= 11 is 2.20. The number of nitrogens with one attached hydrogen (secondary N) is 2. The van der Waals surface area contributed by atoms with Crippen molar-refractivity contribution in [3.8, 4) is 11.4 Å². The molecule has 0 fully saturated rings. The molecule has 1 aromatic heterocycles. The Morgan fingerprint density at radius 2 is 1.76 bits per heavy atom. The van der Waals surface area contributed by atoms with Crippen molar-refractivity contribution in [3.63, 3.8) is 0 Å². The number of hydrogen-bond acceptors (Lipinski definition) is 2. The summed E-state index contributed by atoms with van der Waals surface area (Å²) in [5.74, 6) is 0.701. The average Bonchev–Trinajstić information content (AvgIpc) is 3.06. The summed E-state index contributed by atoms with van der Waals surface area (Å²) in [7, 11) is 0. The fraction of sp³-hybridized carbons (Fsp3) is 0. The van der Waals surface area contributed by atoms with Gasteiger partial charge in [-0.05, 0) is 77.2 Å². The predicted molar refractivity (Wildman–Crippen MR) is 109 cm³/mol. The number of hydrogen-bond donors (Lipinski definition) is 2. The Morgan fingerprint density at radius 1 is 0.960 bits per heavy atom. The third kappa shape index (κ3) is 3.41. The van der Waals surface area contributed by atoms with Gasteiger partial charge in [0.15, 0.2) is 0 Å². The Bertz CT molecular complexity index is 1020. The van der Waals surface area contributed by atoms with Gasteiger partial charge in [0.2, 0.25) is 0 Å². The van der Waals surface area contributed by atoms with Gasteiger partial charge in [-0.15, -0.1) is 0 Å². The molecule has 0 radical (unpaired) electrons. The van der Waals surface area contributed by atoms with Crippen LogP contribution in [0.1, 0.15) is 10.4 Å². The third-order valence-corrected chi connectivity index (χ3v) is 4.56. The number of imidazole rings is 1. The van der Waals surface area contributed by atoms with Gasteiger partial charge in [-0.2, -0.15) is 0 Å². The van der Waals surface area contributed by atoms with Crippen LogP contribution in [-0.4, -0.2) is 15.9 Å². The van der Waals surface area contributed by atoms with Gasteiger partial charge >= 0.3 is 0 Å². The fourth-order valence-corrected chi connectivity index (χ4v) is 3.18. The van der Waals surface area contributed by atoms with E-state index in [9.17, 15) is 4.79 Å². The molecule has 0 aliphatic carbocycles. The number of anilines is 1. The van der Waals surface area contributed by atoms with Gasteiger partial charge < -0.3 is 10.3 Å². The van der Waals surface area contributed by atoms with Crippen molar-refractivity contribution in [2.75, 3.05) is 5.32 Å². The summed E-state index contributed by atoms with van der Waals surface area (Å²) in [6, 6.07) is 23.1. The van der Waals surface area contributed by atoms with Gasteiger partial charge in [-0.25, -0.2) is 4.98 Å². The van der Waals surface area contributed by atoms with Crippen LogP contribution < -0.4 is 5.32 Å². The van der Waals surface area contributed by atoms with E-state index in [4.69, 9.17) is 0 Å². The normalized spacial score (nSPS) is 10.8. The summed E-state index contributed by atoms with van der Waals surface area (Å²) in [5.41, 5.74) is 4.32. The van der Waals surface area contributed by atoms with E-state index in [-0.39, 0.29) is 5.91 Å². The van der Waals surface area contributed by atoms with Crippen molar-refractivity contribution in [1.82, 2.24) is 9.97 Å². The number of halogens is 1. The Morgan fingerprint density at radius 3 is 2.52 bits per heavy atom. The predicted octanol–water partition coefficient (Wildman–Crippen LogP) is 5.09. The Hall–Kier alpha value is -2.67. The monoisotopic (exact) mass is 439 g/mol. The van der Waals surface area contributed by atoms with Gasteiger partial charge in [0.05, 0.1) is 11.0 Å². The van der Waals surface area contributed by atoms with Gasteiger partial charge in [0.25, 0.3) is 5.91 Å². The van der Waals surface area contributed by atoms with E-state index in [1.165, 1.54) is 0 Å². The van der Waals surface area contributed by atoms with E-state index in [1.54, 1.807) is 6.07 Å². The molecule has 5 heteroatoms. The zero-order valence-electron chi connectivity index (χ0n) is 13.2. The molecule has 4 aromatic rings. The minimum atomic E-state index is -0.116. The topological polar surface area (TPSA) is 57.8 Å². The van der Waals surface area contributed by atoms with Crippen molar-refractivity contribution in [1.29, 1.82) is 0 Å². The number of para-hydroxylation sites is 2. The molecule has 0 saturated heterocycles. The van der Waals surface area contributed by atoms with Crippen LogP contribution in [0.25, 0.3) is 22.4 Å². The molecule has 3 aromatic carbocycles. The first-order valence-corrected chi connectivity index (χ1v) is 8.89. The Labute approximate surface area is 158 Å². The standard InChI is InChI=1S/C20H14IN3O/c21-15-5-3-4-14(12-15)20(25)22-16-10-8-13(9-11-16)19-23-17-6-1-2-7-18(17)24-19/h1-12H,(H,22,25)(H,23,24). The third-order valence-electron chi connectivity index (χ3n) is 3.89. The van der Waals surface area contributed by atoms with Gasteiger partial charge in [0, 0.05) is 20.4 Å². The van der Waals surface area contributed by atoms with Crippen molar-refractivity contribution in [3.05, 3.63) is 81.9 Å². The second-order valence-corrected chi connectivity index (χ2v) is 6.89. The van der Waals surface area contributed by atoms with Crippen LogP contribution in [0.3, 0.4) is 0 Å². The Balaban J connectivity index is 1.54. The molecule has 0 aliphatic heterocycles. The molecule has 0 saturated carbocycles. The zero-order chi connectivity index (χ0) is 17.2. The van der Waals surface area contributed by atoms with Crippen molar-refractivity contribution >= 4 is 45.2 Å². The smallest absolute Gasteiger partial charge is 0.255 e. The summed E-state index contributed by atoms with van der Waals surface area (Å²) < 4.78 is 1.03. The van der Waals surface area contributed by atoms with Gasteiger partial charge in [-0.1, -0.05) is 18.2 Å². The zero-order valence-corrected chi connectivity index (χ0v) is 15.3. The highest BCUT2D eigenvalue weighted by Crippen LogP contribution is 2.22. The number of rotatable bonds is 3. The lowest BCUT2D eigenvalue weighted by Crippen LogP contribution is -2.11. The van der Waals surface area contributed by atoms with Crippen LogP contribution in [0.4, 0.5) is 5.69 Å². The molecule has 0 bridgehead atoms. The van der Waals surface area contributed by atoms with Crippen LogP contribution in [0.2, 0.25) is 0 Å². The fourth-order valence-electron chi connectivity index (χ4n) is 2.63. The molecule has 0 unspecified atom stereocenters. The molecule has 0 spiro atoms. The van der Waals surface area contributed by atoms with Crippen molar-refractivity contribution in [2.45, 2.75) is 0 Å². The molecule has 1 amide bonds. The van der Waals surface area contributed by atoms with Crippen molar-refractivity contribution in [2.24, 2.45) is 0 Å². The maximum Gasteiger partial charge on any atom is 0.255 e. The lowest BCUT2D eigenvalue weighted by atomic mass is 10.1. The van der Waals surface area contributed by atoms with E-state index >= 15 is 0 Å². The van der Waals surface area contributed by atoms with Crippen LogP contribution in [-0.2, 0) is 0 Å². The highest BCUT2D eigenvalue weighted by Gasteiger charge is 2.08. The molecule has 0 aliphatic rings. The highest BCUT2D eigenvalue weighted by atomic mass is 127. The van der Waals surface area contributed by atoms with E-state index in [2.05, 4.69) is 37.9 Å².